The van der Waals surface area contributed by atoms with Crippen molar-refractivity contribution in [2.24, 2.45) is 0 Å². The minimum atomic E-state index is -0.739. The number of ether oxygens (including phenoxy) is 1. The van der Waals surface area contributed by atoms with Crippen molar-refractivity contribution in [1.82, 2.24) is 20.8 Å². The fraction of sp³-hybridized carbons (Fsp3) is 0.238. The summed E-state index contributed by atoms with van der Waals surface area (Å²) in [6, 6.07) is 12.0. The van der Waals surface area contributed by atoms with Crippen LogP contribution in [0.5, 0.6) is 0 Å². The Balaban J connectivity index is 1.55. The summed E-state index contributed by atoms with van der Waals surface area (Å²) in [7, 11) is 0. The number of esters is 1. The van der Waals surface area contributed by atoms with Crippen molar-refractivity contribution in [1.29, 1.82) is 0 Å². The molecule has 2 aromatic heterocycles. The van der Waals surface area contributed by atoms with E-state index in [9.17, 15) is 9.59 Å². The van der Waals surface area contributed by atoms with E-state index in [1.165, 1.54) is 23.1 Å². The molecule has 0 bridgehead atoms. The van der Waals surface area contributed by atoms with E-state index in [1.807, 2.05) is 30.3 Å². The molecule has 11 heteroatoms. The van der Waals surface area contributed by atoms with Gasteiger partial charge in [0.05, 0.1) is 12.2 Å². The number of para-hydroxylation sites is 1. The fourth-order valence-electron chi connectivity index (χ4n) is 3.10. The molecule has 1 aromatic carbocycles. The highest BCUT2D eigenvalue weighted by Crippen LogP contribution is 2.33. The van der Waals surface area contributed by atoms with Crippen LogP contribution < -0.4 is 16.0 Å². The summed E-state index contributed by atoms with van der Waals surface area (Å²) in [5.41, 5.74) is 1.67. The monoisotopic (exact) mass is 471 g/mol. The lowest BCUT2D eigenvalue weighted by Gasteiger charge is -2.27. The first-order valence-electron chi connectivity index (χ1n) is 9.86. The summed E-state index contributed by atoms with van der Waals surface area (Å²) in [5.74, 6) is 0.934. The number of thioether (sulfide) groups is 1. The third kappa shape index (κ3) is 5.11. The number of benzene rings is 1. The van der Waals surface area contributed by atoms with Crippen LogP contribution in [0.15, 0.2) is 62.5 Å². The summed E-state index contributed by atoms with van der Waals surface area (Å²) < 4.78 is 11.6. The molecule has 166 valence electrons. The summed E-state index contributed by atoms with van der Waals surface area (Å²) >= 11 is 2.75. The molecule has 2 amide bonds. The van der Waals surface area contributed by atoms with E-state index in [1.54, 1.807) is 26.0 Å². The standard InChI is InChI=1S/C21H21N5O4S2/c1-3-29-18(27)16-14(23-19(28)24-17(16)15-10-9-12(2)30-15)11-31-21-26-25-20(32-21)22-13-7-5-4-6-8-13/h4-10,17H,3,11H2,1-2H3,(H,22,25)(H2,23,24,28)/t17-/m0/s1. The number of furan rings is 1. The molecule has 3 heterocycles. The van der Waals surface area contributed by atoms with Gasteiger partial charge < -0.3 is 25.1 Å². The number of rotatable bonds is 8. The predicted octanol–water partition coefficient (Wildman–Crippen LogP) is 4.15. The van der Waals surface area contributed by atoms with Crippen LogP contribution in [0.3, 0.4) is 0 Å². The van der Waals surface area contributed by atoms with Gasteiger partial charge in [-0.05, 0) is 38.1 Å². The van der Waals surface area contributed by atoms with Gasteiger partial charge in [-0.15, -0.1) is 10.2 Å². The van der Waals surface area contributed by atoms with Crippen molar-refractivity contribution in [3.8, 4) is 0 Å². The largest absolute Gasteiger partial charge is 0.464 e. The molecule has 4 rings (SSSR count). The van der Waals surface area contributed by atoms with Gasteiger partial charge in [0.2, 0.25) is 5.13 Å². The van der Waals surface area contributed by atoms with Gasteiger partial charge in [-0.1, -0.05) is 41.3 Å². The van der Waals surface area contributed by atoms with Crippen molar-refractivity contribution in [2.45, 2.75) is 24.2 Å². The number of aromatic nitrogens is 2. The highest BCUT2D eigenvalue weighted by atomic mass is 32.2. The second-order valence-corrected chi connectivity index (χ2v) is 8.95. The summed E-state index contributed by atoms with van der Waals surface area (Å²) in [4.78, 5) is 25.1. The average molecular weight is 472 g/mol. The number of nitrogens with zero attached hydrogens (tertiary/aromatic N) is 2. The van der Waals surface area contributed by atoms with Crippen LogP contribution in [0.4, 0.5) is 15.6 Å². The first kappa shape index (κ1) is 21.9. The average Bonchev–Trinajstić information content (AvgIpc) is 3.41. The van der Waals surface area contributed by atoms with E-state index < -0.39 is 18.0 Å². The van der Waals surface area contributed by atoms with Crippen molar-refractivity contribution < 1.29 is 18.7 Å². The van der Waals surface area contributed by atoms with Crippen LogP contribution >= 0.6 is 23.1 Å². The first-order chi connectivity index (χ1) is 15.5. The van der Waals surface area contributed by atoms with Gasteiger partial charge in [-0.3, -0.25) is 0 Å². The van der Waals surface area contributed by atoms with E-state index in [-0.39, 0.29) is 6.61 Å². The van der Waals surface area contributed by atoms with Crippen molar-refractivity contribution in [2.75, 3.05) is 17.7 Å². The summed E-state index contributed by atoms with van der Waals surface area (Å²) in [6.07, 6.45) is 0. The number of hydrogen-bond acceptors (Lipinski definition) is 9. The molecule has 0 radical (unpaired) electrons. The molecule has 3 aromatic rings. The molecule has 3 N–H and O–H groups in total. The molecule has 0 saturated carbocycles. The van der Waals surface area contributed by atoms with Gasteiger partial charge in [0, 0.05) is 17.1 Å². The second-order valence-electron chi connectivity index (χ2n) is 6.75. The quantitative estimate of drug-likeness (QED) is 0.331. The zero-order chi connectivity index (χ0) is 22.5. The van der Waals surface area contributed by atoms with Crippen molar-refractivity contribution in [3.63, 3.8) is 0 Å². The third-order valence-electron chi connectivity index (χ3n) is 4.47. The first-order valence-corrected chi connectivity index (χ1v) is 11.7. The maximum absolute atomic E-state index is 12.8. The number of urea groups is 1. The lowest BCUT2D eigenvalue weighted by Crippen LogP contribution is -2.46. The summed E-state index contributed by atoms with van der Waals surface area (Å²) in [5, 5.41) is 17.7. The zero-order valence-electron chi connectivity index (χ0n) is 17.4. The number of carbonyl (C=O) groups is 2. The van der Waals surface area contributed by atoms with Gasteiger partial charge in [0.1, 0.15) is 17.6 Å². The highest BCUT2D eigenvalue weighted by Gasteiger charge is 2.35. The summed E-state index contributed by atoms with van der Waals surface area (Å²) in [6.45, 7) is 3.75. The van der Waals surface area contributed by atoms with Gasteiger partial charge in [-0.2, -0.15) is 0 Å². The zero-order valence-corrected chi connectivity index (χ0v) is 19.0. The molecule has 0 fully saturated rings. The Bertz CT molecular complexity index is 1140. The van der Waals surface area contributed by atoms with Crippen LogP contribution in [0.1, 0.15) is 24.5 Å². The molecule has 0 unspecified atom stereocenters. The normalized spacial score (nSPS) is 15.8. The maximum Gasteiger partial charge on any atom is 0.338 e. The molecule has 1 aliphatic heterocycles. The van der Waals surface area contributed by atoms with Crippen LogP contribution in [0.2, 0.25) is 0 Å². The minimum absolute atomic E-state index is 0.214. The van der Waals surface area contributed by atoms with Crippen molar-refractivity contribution >= 4 is 45.9 Å². The van der Waals surface area contributed by atoms with Gasteiger partial charge in [0.15, 0.2) is 4.34 Å². The number of carbonyl (C=O) groups excluding carboxylic acids is 2. The smallest absolute Gasteiger partial charge is 0.338 e. The molecule has 0 aliphatic carbocycles. The van der Waals surface area contributed by atoms with Crippen LogP contribution in [-0.2, 0) is 9.53 Å². The predicted molar refractivity (Wildman–Crippen MR) is 122 cm³/mol. The highest BCUT2D eigenvalue weighted by molar-refractivity contribution is 8.01. The minimum Gasteiger partial charge on any atom is -0.464 e. The van der Waals surface area contributed by atoms with Crippen LogP contribution in [0, 0.1) is 6.92 Å². The fourth-order valence-corrected chi connectivity index (χ4v) is 4.84. The van der Waals surface area contributed by atoms with Gasteiger partial charge >= 0.3 is 12.0 Å². The van der Waals surface area contributed by atoms with Crippen molar-refractivity contribution in [3.05, 3.63) is 65.3 Å². The number of amides is 2. The number of anilines is 2. The molecular formula is C21H21N5O4S2. The molecule has 0 spiro atoms. The topological polar surface area (TPSA) is 118 Å². The number of hydrogen-bond donors (Lipinski definition) is 3. The Hall–Kier alpha value is -3.31. The molecule has 0 saturated heterocycles. The SMILES string of the molecule is CCOC(=O)C1=C(CSc2nnc(Nc3ccccc3)s2)NC(=O)N[C@H]1c1ccc(C)o1. The molecular weight excluding hydrogens is 450 g/mol. The second kappa shape index (κ2) is 9.88. The Kier molecular flexibility index (Phi) is 6.76. The Morgan fingerprint density at radius 2 is 2.06 bits per heavy atom. The molecule has 9 nitrogen and oxygen atoms in total. The Morgan fingerprint density at radius 3 is 2.78 bits per heavy atom. The maximum atomic E-state index is 12.8. The Morgan fingerprint density at radius 1 is 1.25 bits per heavy atom. The van der Waals surface area contributed by atoms with E-state index in [0.29, 0.717) is 38.0 Å². The van der Waals surface area contributed by atoms with E-state index in [2.05, 4.69) is 26.1 Å². The van der Waals surface area contributed by atoms with E-state index >= 15 is 0 Å². The number of nitrogens with one attached hydrogen (secondary N) is 3. The van der Waals surface area contributed by atoms with Gasteiger partial charge in [0.25, 0.3) is 0 Å². The van der Waals surface area contributed by atoms with E-state index in [4.69, 9.17) is 9.15 Å². The lowest BCUT2D eigenvalue weighted by atomic mass is 10.0. The molecule has 32 heavy (non-hydrogen) atoms. The third-order valence-corrected chi connectivity index (χ3v) is 6.46. The van der Waals surface area contributed by atoms with E-state index in [0.717, 1.165) is 5.69 Å². The molecule has 1 aliphatic rings. The Labute approximate surface area is 192 Å². The molecule has 1 atom stereocenters. The van der Waals surface area contributed by atoms with Crippen LogP contribution in [-0.4, -0.2) is 34.6 Å². The number of aryl methyl sites for hydroxylation is 1. The van der Waals surface area contributed by atoms with Gasteiger partial charge in [-0.25, -0.2) is 9.59 Å². The van der Waals surface area contributed by atoms with Crippen LogP contribution in [0.25, 0.3) is 0 Å². The lowest BCUT2D eigenvalue weighted by molar-refractivity contribution is -0.139.